The fourth-order valence-electron chi connectivity index (χ4n) is 4.14. The molecule has 0 aromatic rings. The van der Waals surface area contributed by atoms with Crippen molar-refractivity contribution in [3.8, 4) is 0 Å². The van der Waals surface area contributed by atoms with Gasteiger partial charge in [-0.25, -0.2) is 0 Å². The first-order valence-corrected chi connectivity index (χ1v) is 12.9. The molecule has 4 atom stereocenters. The Morgan fingerprint density at radius 2 is 1.00 bits per heavy atom. The first-order chi connectivity index (χ1) is 14.7. The fraction of sp³-hybridized carbons (Fsp3) is 1.00. The van der Waals surface area contributed by atoms with Crippen molar-refractivity contribution >= 4 is 0 Å². The predicted molar refractivity (Wildman–Crippen MR) is 123 cm³/mol. The number of hydrogen-bond donors (Lipinski definition) is 2. The summed E-state index contributed by atoms with van der Waals surface area (Å²) in [4.78, 5) is 0. The third kappa shape index (κ3) is 12.6. The summed E-state index contributed by atoms with van der Waals surface area (Å²) in [6.45, 7) is 5.57. The minimum absolute atomic E-state index is 0.156. The van der Waals surface area contributed by atoms with Crippen molar-refractivity contribution < 1.29 is 24.4 Å². The zero-order valence-electron chi connectivity index (χ0n) is 19.9. The van der Waals surface area contributed by atoms with Gasteiger partial charge in [0, 0.05) is 13.2 Å². The SMILES string of the molecule is CCCCCCCCCCOC1C(O)OC(CO)C1OCCCCCCCCCC. The van der Waals surface area contributed by atoms with E-state index in [9.17, 15) is 10.2 Å². The highest BCUT2D eigenvalue weighted by Gasteiger charge is 2.45. The molecule has 0 aromatic heterocycles. The molecule has 0 aromatic carbocycles. The topological polar surface area (TPSA) is 68.2 Å². The Bertz CT molecular complexity index is 365. The van der Waals surface area contributed by atoms with E-state index in [1.807, 2.05) is 0 Å². The van der Waals surface area contributed by atoms with Gasteiger partial charge in [-0.15, -0.1) is 0 Å². The van der Waals surface area contributed by atoms with Gasteiger partial charge in [0.1, 0.15) is 18.3 Å². The van der Waals surface area contributed by atoms with Crippen LogP contribution in [-0.2, 0) is 14.2 Å². The van der Waals surface area contributed by atoms with E-state index in [0.717, 1.165) is 25.7 Å². The zero-order valence-corrected chi connectivity index (χ0v) is 19.9. The molecular formula is C25H50O5. The lowest BCUT2D eigenvalue weighted by Crippen LogP contribution is -2.39. The average Bonchev–Trinajstić information content (AvgIpc) is 3.06. The van der Waals surface area contributed by atoms with Crippen LogP contribution in [0, 0.1) is 0 Å². The second-order valence-corrected chi connectivity index (χ2v) is 8.87. The summed E-state index contributed by atoms with van der Waals surface area (Å²) in [5.74, 6) is 0. The van der Waals surface area contributed by atoms with Crippen molar-refractivity contribution in [2.75, 3.05) is 19.8 Å². The molecule has 0 radical (unpaired) electrons. The third-order valence-electron chi connectivity index (χ3n) is 6.08. The normalized spacial score (nSPS) is 24.0. The molecule has 5 nitrogen and oxygen atoms in total. The van der Waals surface area contributed by atoms with Crippen molar-refractivity contribution in [1.82, 2.24) is 0 Å². The molecule has 1 rings (SSSR count). The summed E-state index contributed by atoms with van der Waals surface area (Å²) in [6.07, 6.45) is 17.6. The molecule has 4 unspecified atom stereocenters. The summed E-state index contributed by atoms with van der Waals surface area (Å²) in [6, 6.07) is 0. The lowest BCUT2D eigenvalue weighted by Gasteiger charge is -2.23. The van der Waals surface area contributed by atoms with E-state index in [4.69, 9.17) is 14.2 Å². The van der Waals surface area contributed by atoms with E-state index in [-0.39, 0.29) is 12.7 Å². The predicted octanol–water partition coefficient (Wildman–Crippen LogP) is 5.75. The molecule has 1 fully saturated rings. The van der Waals surface area contributed by atoms with Gasteiger partial charge in [0.05, 0.1) is 6.61 Å². The number of ether oxygens (including phenoxy) is 3. The fourth-order valence-corrected chi connectivity index (χ4v) is 4.14. The van der Waals surface area contributed by atoms with Crippen LogP contribution in [-0.4, -0.2) is 54.6 Å². The maximum Gasteiger partial charge on any atom is 0.184 e. The molecule has 30 heavy (non-hydrogen) atoms. The maximum atomic E-state index is 10.2. The second kappa shape index (κ2) is 19.5. The molecule has 0 amide bonds. The Morgan fingerprint density at radius 1 is 0.600 bits per heavy atom. The van der Waals surface area contributed by atoms with E-state index < -0.39 is 18.5 Å². The smallest absolute Gasteiger partial charge is 0.184 e. The van der Waals surface area contributed by atoms with Crippen LogP contribution in [0.25, 0.3) is 0 Å². The molecule has 0 saturated carbocycles. The van der Waals surface area contributed by atoms with Gasteiger partial charge in [-0.05, 0) is 12.8 Å². The van der Waals surface area contributed by atoms with Gasteiger partial charge < -0.3 is 24.4 Å². The summed E-state index contributed by atoms with van der Waals surface area (Å²) < 4.78 is 17.4. The van der Waals surface area contributed by atoms with Crippen molar-refractivity contribution in [3.05, 3.63) is 0 Å². The molecule has 1 heterocycles. The quantitative estimate of drug-likeness (QED) is 0.227. The molecular weight excluding hydrogens is 380 g/mol. The van der Waals surface area contributed by atoms with Crippen molar-refractivity contribution in [2.24, 2.45) is 0 Å². The van der Waals surface area contributed by atoms with Gasteiger partial charge in [0.25, 0.3) is 0 Å². The largest absolute Gasteiger partial charge is 0.394 e. The molecule has 180 valence electrons. The van der Waals surface area contributed by atoms with Gasteiger partial charge in [-0.1, -0.05) is 104 Å². The third-order valence-corrected chi connectivity index (χ3v) is 6.08. The van der Waals surface area contributed by atoms with Crippen LogP contribution < -0.4 is 0 Å². The van der Waals surface area contributed by atoms with Crippen LogP contribution in [0.15, 0.2) is 0 Å². The van der Waals surface area contributed by atoms with Crippen LogP contribution in [0.1, 0.15) is 117 Å². The number of unbranched alkanes of at least 4 members (excludes halogenated alkanes) is 14. The van der Waals surface area contributed by atoms with E-state index in [1.165, 1.54) is 77.0 Å². The maximum absolute atomic E-state index is 10.2. The van der Waals surface area contributed by atoms with Crippen molar-refractivity contribution in [3.63, 3.8) is 0 Å². The number of aliphatic hydroxyl groups is 2. The lowest BCUT2D eigenvalue weighted by atomic mass is 10.1. The Balaban J connectivity index is 2.14. The zero-order chi connectivity index (χ0) is 21.9. The molecule has 0 bridgehead atoms. The second-order valence-electron chi connectivity index (χ2n) is 8.87. The number of rotatable bonds is 21. The van der Waals surface area contributed by atoms with Crippen LogP contribution >= 0.6 is 0 Å². The first-order valence-electron chi connectivity index (χ1n) is 12.9. The summed E-state index contributed by atoms with van der Waals surface area (Å²) in [5.41, 5.74) is 0. The summed E-state index contributed by atoms with van der Waals surface area (Å²) >= 11 is 0. The highest BCUT2D eigenvalue weighted by molar-refractivity contribution is 4.88. The number of aliphatic hydroxyl groups excluding tert-OH is 2. The molecule has 5 heteroatoms. The highest BCUT2D eigenvalue weighted by atomic mass is 16.7. The first kappa shape index (κ1) is 27.8. The highest BCUT2D eigenvalue weighted by Crippen LogP contribution is 2.26. The minimum atomic E-state index is -1.01. The van der Waals surface area contributed by atoms with E-state index in [2.05, 4.69) is 13.8 Å². The molecule has 1 saturated heterocycles. The Kier molecular flexibility index (Phi) is 18.1. The summed E-state index contributed by atoms with van der Waals surface area (Å²) in [7, 11) is 0. The van der Waals surface area contributed by atoms with Crippen LogP contribution in [0.3, 0.4) is 0 Å². The van der Waals surface area contributed by atoms with Crippen LogP contribution in [0.2, 0.25) is 0 Å². The van der Waals surface area contributed by atoms with Gasteiger partial charge in [-0.2, -0.15) is 0 Å². The van der Waals surface area contributed by atoms with E-state index >= 15 is 0 Å². The van der Waals surface area contributed by atoms with Crippen LogP contribution in [0.5, 0.6) is 0 Å². The van der Waals surface area contributed by atoms with Gasteiger partial charge >= 0.3 is 0 Å². The Labute approximate surface area is 185 Å². The molecule has 1 aliphatic heterocycles. The minimum Gasteiger partial charge on any atom is -0.394 e. The number of hydrogen-bond acceptors (Lipinski definition) is 5. The van der Waals surface area contributed by atoms with Gasteiger partial charge in [-0.3, -0.25) is 0 Å². The lowest BCUT2D eigenvalue weighted by molar-refractivity contribution is -0.148. The van der Waals surface area contributed by atoms with Crippen molar-refractivity contribution in [2.45, 2.75) is 141 Å². The Morgan fingerprint density at radius 3 is 1.43 bits per heavy atom. The standard InChI is InChI=1S/C25H50O5/c1-3-5-7-9-11-13-15-17-19-28-23-22(21-26)30-25(27)24(23)29-20-18-16-14-12-10-8-6-4-2/h22-27H,3-21H2,1-2H3. The van der Waals surface area contributed by atoms with Crippen LogP contribution in [0.4, 0.5) is 0 Å². The monoisotopic (exact) mass is 430 g/mol. The molecule has 0 spiro atoms. The summed E-state index contributed by atoms with van der Waals surface area (Å²) in [5, 5.41) is 19.8. The molecule has 2 N–H and O–H groups in total. The van der Waals surface area contributed by atoms with Crippen molar-refractivity contribution in [1.29, 1.82) is 0 Å². The van der Waals surface area contributed by atoms with E-state index in [1.54, 1.807) is 0 Å². The average molecular weight is 431 g/mol. The van der Waals surface area contributed by atoms with Gasteiger partial charge in [0.15, 0.2) is 6.29 Å². The molecule has 1 aliphatic rings. The molecule has 0 aliphatic carbocycles. The van der Waals surface area contributed by atoms with E-state index in [0.29, 0.717) is 13.2 Å². The Hall–Kier alpha value is -0.200. The van der Waals surface area contributed by atoms with Gasteiger partial charge in [0.2, 0.25) is 0 Å².